The van der Waals surface area contributed by atoms with E-state index in [-0.39, 0.29) is 5.56 Å². The monoisotopic (exact) mass is 226 g/mol. The molecule has 0 aliphatic rings. The molecule has 6 nitrogen and oxygen atoms in total. The maximum atomic E-state index is 10.9. The third kappa shape index (κ3) is 2.56. The van der Waals surface area contributed by atoms with Crippen molar-refractivity contribution in [2.24, 2.45) is 0 Å². The van der Waals surface area contributed by atoms with Crippen molar-refractivity contribution < 1.29 is 29.6 Å². The van der Waals surface area contributed by atoms with Crippen LogP contribution in [0.1, 0.15) is 5.56 Å². The molecule has 1 rings (SSSR count). The van der Waals surface area contributed by atoms with Crippen molar-refractivity contribution in [3.63, 3.8) is 0 Å². The number of rotatable bonds is 5. The van der Waals surface area contributed by atoms with Crippen molar-refractivity contribution in [3.05, 3.63) is 35.9 Å². The van der Waals surface area contributed by atoms with Crippen LogP contribution < -0.4 is 0 Å². The standard InChI is InChI=1S/C10H10O6/c11-8(12)6-16-10(15,9(13)14)7-4-2-1-3-5-7/h1-5,15H,6H2,(H,11,12)(H,13,14). The van der Waals surface area contributed by atoms with Gasteiger partial charge in [0.05, 0.1) is 0 Å². The summed E-state index contributed by atoms with van der Waals surface area (Å²) in [7, 11) is 0. The molecule has 0 bridgehead atoms. The lowest BCUT2D eigenvalue weighted by atomic mass is 10.1. The zero-order valence-electron chi connectivity index (χ0n) is 8.16. The Kier molecular flexibility index (Phi) is 3.60. The SMILES string of the molecule is O=C(O)COC(O)(C(=O)O)c1ccccc1. The molecule has 86 valence electrons. The Hall–Kier alpha value is -1.92. The summed E-state index contributed by atoms with van der Waals surface area (Å²) < 4.78 is 4.50. The zero-order chi connectivity index (χ0) is 12.2. The van der Waals surface area contributed by atoms with Crippen molar-refractivity contribution in [3.8, 4) is 0 Å². The van der Waals surface area contributed by atoms with E-state index in [4.69, 9.17) is 10.2 Å². The van der Waals surface area contributed by atoms with Gasteiger partial charge < -0.3 is 20.1 Å². The molecule has 1 aromatic rings. The van der Waals surface area contributed by atoms with Crippen LogP contribution >= 0.6 is 0 Å². The van der Waals surface area contributed by atoms with Crippen LogP contribution in [0.5, 0.6) is 0 Å². The van der Waals surface area contributed by atoms with Gasteiger partial charge in [-0.1, -0.05) is 30.3 Å². The van der Waals surface area contributed by atoms with Gasteiger partial charge in [-0.05, 0) is 0 Å². The summed E-state index contributed by atoms with van der Waals surface area (Å²) in [4.78, 5) is 21.1. The lowest BCUT2D eigenvalue weighted by molar-refractivity contribution is -0.230. The average molecular weight is 226 g/mol. The Bertz CT molecular complexity index is 388. The predicted octanol–water partition coefficient (Wildman–Crippen LogP) is 0.0175. The molecule has 1 unspecified atom stereocenters. The van der Waals surface area contributed by atoms with Crippen LogP contribution in [0.2, 0.25) is 0 Å². The van der Waals surface area contributed by atoms with E-state index >= 15 is 0 Å². The second kappa shape index (κ2) is 4.73. The lowest BCUT2D eigenvalue weighted by Gasteiger charge is -2.22. The molecule has 0 saturated carbocycles. The molecule has 6 heteroatoms. The first-order valence-electron chi connectivity index (χ1n) is 4.34. The number of aliphatic carboxylic acids is 2. The summed E-state index contributed by atoms with van der Waals surface area (Å²) in [5.74, 6) is -5.67. The molecule has 0 aromatic heterocycles. The third-order valence-corrected chi connectivity index (χ3v) is 1.86. The van der Waals surface area contributed by atoms with Crippen LogP contribution in [0.4, 0.5) is 0 Å². The number of aliphatic hydroxyl groups is 1. The number of carbonyl (C=O) groups is 2. The van der Waals surface area contributed by atoms with Gasteiger partial charge in [0, 0.05) is 5.56 Å². The fourth-order valence-electron chi connectivity index (χ4n) is 1.10. The minimum atomic E-state index is -2.64. The van der Waals surface area contributed by atoms with Crippen molar-refractivity contribution in [1.29, 1.82) is 0 Å². The van der Waals surface area contributed by atoms with Crippen LogP contribution in [0.25, 0.3) is 0 Å². The number of hydrogen-bond donors (Lipinski definition) is 3. The van der Waals surface area contributed by atoms with Gasteiger partial charge in [0.2, 0.25) is 0 Å². The molecular weight excluding hydrogens is 216 g/mol. The van der Waals surface area contributed by atoms with Gasteiger partial charge in [0.25, 0.3) is 5.79 Å². The molecule has 3 N–H and O–H groups in total. The van der Waals surface area contributed by atoms with Crippen molar-refractivity contribution >= 4 is 11.9 Å². The van der Waals surface area contributed by atoms with E-state index in [1.807, 2.05) is 0 Å². The van der Waals surface area contributed by atoms with E-state index in [0.29, 0.717) is 0 Å². The normalized spacial score (nSPS) is 14.1. The molecule has 0 aliphatic carbocycles. The third-order valence-electron chi connectivity index (χ3n) is 1.86. The number of ether oxygens (including phenoxy) is 1. The quantitative estimate of drug-likeness (QED) is 0.611. The van der Waals surface area contributed by atoms with Crippen LogP contribution in [0, 0.1) is 0 Å². The van der Waals surface area contributed by atoms with Crippen LogP contribution in [-0.4, -0.2) is 33.9 Å². The number of carboxylic acid groups (broad SMARTS) is 2. The van der Waals surface area contributed by atoms with Gasteiger partial charge in [0.1, 0.15) is 6.61 Å². The highest BCUT2D eigenvalue weighted by Crippen LogP contribution is 2.22. The number of benzene rings is 1. The maximum Gasteiger partial charge on any atom is 0.369 e. The van der Waals surface area contributed by atoms with Gasteiger partial charge in [-0.15, -0.1) is 0 Å². The van der Waals surface area contributed by atoms with Crippen LogP contribution in [0.3, 0.4) is 0 Å². The number of hydrogen-bond acceptors (Lipinski definition) is 4. The number of carboxylic acids is 2. The molecule has 0 fully saturated rings. The highest BCUT2D eigenvalue weighted by Gasteiger charge is 2.40. The molecule has 0 amide bonds. The summed E-state index contributed by atoms with van der Waals surface area (Å²) >= 11 is 0. The Morgan fingerprint density at radius 3 is 2.19 bits per heavy atom. The van der Waals surface area contributed by atoms with Gasteiger partial charge in [-0.3, -0.25) is 0 Å². The second-order valence-electron chi connectivity index (χ2n) is 3.00. The molecule has 0 aliphatic heterocycles. The van der Waals surface area contributed by atoms with Crippen LogP contribution in [-0.2, 0) is 20.1 Å². The maximum absolute atomic E-state index is 10.9. The molecule has 0 heterocycles. The molecule has 0 saturated heterocycles. The lowest BCUT2D eigenvalue weighted by Crippen LogP contribution is -2.39. The predicted molar refractivity (Wildman–Crippen MR) is 51.6 cm³/mol. The fraction of sp³-hybridized carbons (Fsp3) is 0.200. The van der Waals surface area contributed by atoms with Crippen molar-refractivity contribution in [2.75, 3.05) is 6.61 Å². The van der Waals surface area contributed by atoms with Crippen molar-refractivity contribution in [1.82, 2.24) is 0 Å². The Labute approximate surface area is 90.7 Å². The summed E-state index contributed by atoms with van der Waals surface area (Å²) in [6.45, 7) is -0.905. The largest absolute Gasteiger partial charge is 0.480 e. The van der Waals surface area contributed by atoms with Crippen molar-refractivity contribution in [2.45, 2.75) is 5.79 Å². The average Bonchev–Trinajstić information content (AvgIpc) is 2.26. The minimum absolute atomic E-state index is 0.0382. The zero-order valence-corrected chi connectivity index (χ0v) is 8.16. The Morgan fingerprint density at radius 1 is 1.19 bits per heavy atom. The highest BCUT2D eigenvalue weighted by atomic mass is 16.7. The first-order valence-corrected chi connectivity index (χ1v) is 4.34. The van der Waals surface area contributed by atoms with E-state index in [1.54, 1.807) is 6.07 Å². The van der Waals surface area contributed by atoms with Gasteiger partial charge in [0.15, 0.2) is 0 Å². The van der Waals surface area contributed by atoms with Gasteiger partial charge >= 0.3 is 11.9 Å². The highest BCUT2D eigenvalue weighted by molar-refractivity contribution is 5.78. The van der Waals surface area contributed by atoms with Gasteiger partial charge in [-0.25, -0.2) is 9.59 Å². The molecule has 1 atom stereocenters. The molecule has 0 radical (unpaired) electrons. The Balaban J connectivity index is 2.98. The topological polar surface area (TPSA) is 104 Å². The summed E-state index contributed by atoms with van der Waals surface area (Å²) in [6.07, 6.45) is 0. The smallest absolute Gasteiger partial charge is 0.369 e. The first-order chi connectivity index (χ1) is 7.47. The fourth-order valence-corrected chi connectivity index (χ4v) is 1.10. The molecular formula is C10H10O6. The van der Waals surface area contributed by atoms with Gasteiger partial charge in [-0.2, -0.15) is 0 Å². The van der Waals surface area contributed by atoms with E-state index in [9.17, 15) is 14.7 Å². The van der Waals surface area contributed by atoms with E-state index in [2.05, 4.69) is 4.74 Å². The first kappa shape index (κ1) is 12.2. The van der Waals surface area contributed by atoms with E-state index in [1.165, 1.54) is 24.3 Å². The summed E-state index contributed by atoms with van der Waals surface area (Å²) in [6, 6.07) is 7.30. The summed E-state index contributed by atoms with van der Waals surface area (Å²) in [5.41, 5.74) is -0.0382. The Morgan fingerprint density at radius 2 is 1.75 bits per heavy atom. The second-order valence-corrected chi connectivity index (χ2v) is 3.00. The molecule has 1 aromatic carbocycles. The molecule has 16 heavy (non-hydrogen) atoms. The van der Waals surface area contributed by atoms with E-state index in [0.717, 1.165) is 0 Å². The van der Waals surface area contributed by atoms with Crippen LogP contribution in [0.15, 0.2) is 30.3 Å². The van der Waals surface area contributed by atoms with E-state index < -0.39 is 24.3 Å². The molecule has 0 spiro atoms. The minimum Gasteiger partial charge on any atom is -0.480 e. The summed E-state index contributed by atoms with van der Waals surface area (Å²) in [5, 5.41) is 26.9.